The molecular formula is C28H39F3O. The number of hydrogen-bond acceptors (Lipinski definition) is 1. The number of allylic oxidation sites excluding steroid dienone is 1. The van der Waals surface area contributed by atoms with E-state index in [-0.39, 0.29) is 29.7 Å². The van der Waals surface area contributed by atoms with Crippen LogP contribution in [0.3, 0.4) is 0 Å². The van der Waals surface area contributed by atoms with Crippen molar-refractivity contribution in [2.24, 2.45) is 17.8 Å². The highest BCUT2D eigenvalue weighted by Crippen LogP contribution is 2.41. The van der Waals surface area contributed by atoms with Crippen molar-refractivity contribution in [1.82, 2.24) is 0 Å². The summed E-state index contributed by atoms with van der Waals surface area (Å²) < 4.78 is 50.0. The first-order valence-corrected chi connectivity index (χ1v) is 12.9. The quantitative estimate of drug-likeness (QED) is 0.423. The molecular weight excluding hydrogens is 409 g/mol. The van der Waals surface area contributed by atoms with Gasteiger partial charge in [-0.25, -0.2) is 13.2 Å². The molecule has 32 heavy (non-hydrogen) atoms. The molecule has 1 aromatic rings. The predicted octanol–water partition coefficient (Wildman–Crippen LogP) is 8.59. The van der Waals surface area contributed by atoms with E-state index in [4.69, 9.17) is 4.74 Å². The SMILES string of the molecule is CCC1CCC(OCC2CCC(c3ccc(C4CCC(C)CC4)c(F)c3F)CC2)C=C1F. The Kier molecular flexibility index (Phi) is 8.02. The van der Waals surface area contributed by atoms with E-state index >= 15 is 4.39 Å². The zero-order valence-electron chi connectivity index (χ0n) is 19.7. The van der Waals surface area contributed by atoms with Gasteiger partial charge in [-0.05, 0) is 98.7 Å². The summed E-state index contributed by atoms with van der Waals surface area (Å²) in [5.74, 6) is 0.178. The van der Waals surface area contributed by atoms with Gasteiger partial charge < -0.3 is 4.74 Å². The molecule has 2 fully saturated rings. The lowest BCUT2D eigenvalue weighted by atomic mass is 9.76. The molecule has 0 saturated heterocycles. The average Bonchev–Trinajstić information content (AvgIpc) is 2.81. The topological polar surface area (TPSA) is 9.23 Å². The van der Waals surface area contributed by atoms with Gasteiger partial charge in [0, 0.05) is 5.92 Å². The van der Waals surface area contributed by atoms with Crippen molar-refractivity contribution in [2.75, 3.05) is 6.61 Å². The summed E-state index contributed by atoms with van der Waals surface area (Å²) in [5, 5.41) is 0. The fourth-order valence-electron chi connectivity index (χ4n) is 6.11. The van der Waals surface area contributed by atoms with E-state index in [2.05, 4.69) is 6.92 Å². The molecule has 4 rings (SSSR count). The van der Waals surface area contributed by atoms with Gasteiger partial charge in [0.05, 0.1) is 12.7 Å². The van der Waals surface area contributed by atoms with E-state index in [9.17, 15) is 8.78 Å². The molecule has 2 unspecified atom stereocenters. The minimum absolute atomic E-state index is 0.0175. The minimum Gasteiger partial charge on any atom is -0.374 e. The molecule has 0 radical (unpaired) electrons. The highest BCUT2D eigenvalue weighted by molar-refractivity contribution is 5.32. The van der Waals surface area contributed by atoms with Crippen LogP contribution in [-0.2, 0) is 4.74 Å². The van der Waals surface area contributed by atoms with Gasteiger partial charge in [0.1, 0.15) is 5.83 Å². The fourth-order valence-corrected chi connectivity index (χ4v) is 6.11. The summed E-state index contributed by atoms with van der Waals surface area (Å²) in [7, 11) is 0. The smallest absolute Gasteiger partial charge is 0.162 e. The molecule has 2 atom stereocenters. The van der Waals surface area contributed by atoms with Crippen LogP contribution >= 0.6 is 0 Å². The average molecular weight is 449 g/mol. The highest BCUT2D eigenvalue weighted by atomic mass is 19.2. The van der Waals surface area contributed by atoms with Crippen LogP contribution in [0.1, 0.15) is 107 Å². The van der Waals surface area contributed by atoms with Crippen LogP contribution in [-0.4, -0.2) is 12.7 Å². The van der Waals surface area contributed by atoms with E-state index in [1.54, 1.807) is 6.08 Å². The summed E-state index contributed by atoms with van der Waals surface area (Å²) in [6, 6.07) is 3.71. The number of benzene rings is 1. The Hall–Kier alpha value is -1.29. The van der Waals surface area contributed by atoms with Crippen LogP contribution in [0.4, 0.5) is 13.2 Å². The molecule has 0 N–H and O–H groups in total. The van der Waals surface area contributed by atoms with Crippen molar-refractivity contribution in [2.45, 2.75) is 102 Å². The van der Waals surface area contributed by atoms with Crippen LogP contribution < -0.4 is 0 Å². The van der Waals surface area contributed by atoms with Crippen LogP contribution in [0.15, 0.2) is 24.0 Å². The zero-order valence-corrected chi connectivity index (χ0v) is 19.7. The summed E-state index contributed by atoms with van der Waals surface area (Å²) >= 11 is 0. The van der Waals surface area contributed by atoms with Crippen molar-refractivity contribution in [3.05, 3.63) is 46.8 Å². The van der Waals surface area contributed by atoms with Crippen LogP contribution in [0, 0.1) is 29.4 Å². The third kappa shape index (κ3) is 5.43. The second-order valence-corrected chi connectivity index (χ2v) is 10.7. The van der Waals surface area contributed by atoms with Crippen molar-refractivity contribution in [3.8, 4) is 0 Å². The first-order valence-electron chi connectivity index (χ1n) is 12.9. The van der Waals surface area contributed by atoms with Crippen molar-refractivity contribution in [3.63, 3.8) is 0 Å². The summed E-state index contributed by atoms with van der Waals surface area (Å²) in [6.07, 6.45) is 11.9. The Bertz CT molecular complexity index is 788. The van der Waals surface area contributed by atoms with Crippen LogP contribution in [0.2, 0.25) is 0 Å². The van der Waals surface area contributed by atoms with Gasteiger partial charge in [-0.3, -0.25) is 0 Å². The summed E-state index contributed by atoms with van der Waals surface area (Å²) in [6.45, 7) is 4.90. The lowest BCUT2D eigenvalue weighted by molar-refractivity contribution is 0.0313. The molecule has 178 valence electrons. The molecule has 0 heterocycles. The Morgan fingerprint density at radius 2 is 1.34 bits per heavy atom. The van der Waals surface area contributed by atoms with E-state index in [1.807, 2.05) is 19.1 Å². The van der Waals surface area contributed by atoms with Gasteiger partial charge in [0.2, 0.25) is 0 Å². The normalized spacial score (nSPS) is 33.7. The number of hydrogen-bond donors (Lipinski definition) is 0. The first-order chi connectivity index (χ1) is 15.5. The second-order valence-electron chi connectivity index (χ2n) is 10.7. The molecule has 3 aliphatic carbocycles. The van der Waals surface area contributed by atoms with Gasteiger partial charge in [-0.15, -0.1) is 0 Å². The summed E-state index contributed by atoms with van der Waals surface area (Å²) in [4.78, 5) is 0. The van der Waals surface area contributed by atoms with Gasteiger partial charge in [0.15, 0.2) is 11.6 Å². The van der Waals surface area contributed by atoms with Crippen molar-refractivity contribution < 1.29 is 17.9 Å². The zero-order chi connectivity index (χ0) is 22.7. The molecule has 1 aromatic carbocycles. The standard InChI is InChI=1S/C28H39F3O/c1-3-20-12-13-23(16-26(20)29)32-17-19-6-10-22(11-7-19)25-15-14-24(27(30)28(25)31)21-8-4-18(2)5-9-21/h14-16,18-23H,3-13,17H2,1-2H3. The van der Waals surface area contributed by atoms with Gasteiger partial charge in [0.25, 0.3) is 0 Å². The first kappa shape index (κ1) is 23.9. The van der Waals surface area contributed by atoms with Crippen LogP contribution in [0.5, 0.6) is 0 Å². The molecule has 0 bridgehead atoms. The number of rotatable bonds is 6. The maximum atomic E-state index is 15.0. The second kappa shape index (κ2) is 10.8. The Balaban J connectivity index is 1.29. The minimum atomic E-state index is -0.617. The molecule has 4 heteroatoms. The molecule has 0 aliphatic heterocycles. The Morgan fingerprint density at radius 1 is 0.781 bits per heavy atom. The van der Waals surface area contributed by atoms with Gasteiger partial charge in [-0.2, -0.15) is 0 Å². The van der Waals surface area contributed by atoms with E-state index in [0.29, 0.717) is 29.6 Å². The maximum Gasteiger partial charge on any atom is 0.162 e. The number of ether oxygens (including phenoxy) is 1. The molecule has 0 aromatic heterocycles. The molecule has 3 aliphatic rings. The lowest BCUT2D eigenvalue weighted by Gasteiger charge is -2.31. The third-order valence-corrected chi connectivity index (χ3v) is 8.46. The monoisotopic (exact) mass is 448 g/mol. The lowest BCUT2D eigenvalue weighted by Crippen LogP contribution is -2.24. The Labute approximate surface area is 191 Å². The van der Waals surface area contributed by atoms with Crippen LogP contribution in [0.25, 0.3) is 0 Å². The van der Waals surface area contributed by atoms with E-state index in [1.165, 1.54) is 0 Å². The molecule has 2 saturated carbocycles. The molecule has 0 spiro atoms. The Morgan fingerprint density at radius 3 is 1.88 bits per heavy atom. The molecule has 1 nitrogen and oxygen atoms in total. The predicted molar refractivity (Wildman–Crippen MR) is 123 cm³/mol. The summed E-state index contributed by atoms with van der Waals surface area (Å²) in [5.41, 5.74) is 1.14. The van der Waals surface area contributed by atoms with Crippen molar-refractivity contribution in [1.29, 1.82) is 0 Å². The van der Waals surface area contributed by atoms with Gasteiger partial charge in [-0.1, -0.05) is 38.8 Å². The van der Waals surface area contributed by atoms with E-state index < -0.39 is 11.6 Å². The van der Waals surface area contributed by atoms with Crippen molar-refractivity contribution >= 4 is 0 Å². The fraction of sp³-hybridized carbons (Fsp3) is 0.714. The number of halogens is 3. The van der Waals surface area contributed by atoms with Gasteiger partial charge >= 0.3 is 0 Å². The highest BCUT2D eigenvalue weighted by Gasteiger charge is 2.30. The van der Waals surface area contributed by atoms with E-state index in [0.717, 1.165) is 70.6 Å². The maximum absolute atomic E-state index is 15.0. The third-order valence-electron chi connectivity index (χ3n) is 8.46. The molecule has 0 amide bonds. The largest absolute Gasteiger partial charge is 0.374 e.